The van der Waals surface area contributed by atoms with Crippen LogP contribution in [0.5, 0.6) is 0 Å². The van der Waals surface area contributed by atoms with E-state index in [1.165, 1.54) is 19.3 Å². The molecule has 1 N–H and O–H groups in total. The largest absolute Gasteiger partial charge is 0.507 e. The number of aliphatic hydroxyl groups excluding tert-OH is 1. The highest BCUT2D eigenvalue weighted by atomic mass is 16.5. The Morgan fingerprint density at radius 2 is 1.88 bits per heavy atom. The van der Waals surface area contributed by atoms with Crippen molar-refractivity contribution in [2.75, 3.05) is 20.7 Å². The van der Waals surface area contributed by atoms with Gasteiger partial charge in [-0.25, -0.2) is 9.79 Å². The summed E-state index contributed by atoms with van der Waals surface area (Å²) in [5, 5.41) is 10.3. The number of carbonyl (C=O) groups is 2. The summed E-state index contributed by atoms with van der Waals surface area (Å²) in [6.07, 6.45) is 2.66. The molecule has 0 amide bonds. The van der Waals surface area contributed by atoms with Crippen molar-refractivity contribution < 1.29 is 19.4 Å². The molecule has 0 heterocycles. The van der Waals surface area contributed by atoms with Crippen LogP contribution in [0, 0.1) is 0 Å². The van der Waals surface area contributed by atoms with Gasteiger partial charge in [0.2, 0.25) is 0 Å². The third-order valence-corrected chi connectivity index (χ3v) is 2.88. The number of hydrogen-bond acceptors (Lipinski definition) is 6. The van der Waals surface area contributed by atoms with Gasteiger partial charge in [0.1, 0.15) is 5.76 Å². The molecule has 0 aliphatic carbocycles. The first-order chi connectivity index (χ1) is 11.4. The van der Waals surface area contributed by atoms with Crippen LogP contribution in [-0.4, -0.2) is 48.7 Å². The molecule has 1 rings (SSSR count). The van der Waals surface area contributed by atoms with Crippen LogP contribution in [0.25, 0.3) is 5.76 Å². The minimum absolute atomic E-state index is 0.00940. The highest BCUT2D eigenvalue weighted by molar-refractivity contribution is 6.17. The second-order valence-corrected chi connectivity index (χ2v) is 5.14. The van der Waals surface area contributed by atoms with Crippen LogP contribution in [0.1, 0.15) is 19.4 Å². The van der Waals surface area contributed by atoms with Crippen LogP contribution in [0.2, 0.25) is 0 Å². The fourth-order valence-corrected chi connectivity index (χ4v) is 1.79. The number of aliphatic imine (C=N–C) groups is 1. The molecule has 0 aliphatic heterocycles. The summed E-state index contributed by atoms with van der Waals surface area (Å²) in [5.74, 6) is -1.17. The lowest BCUT2D eigenvalue weighted by Crippen LogP contribution is -2.12. The lowest BCUT2D eigenvalue weighted by Gasteiger charge is -2.08. The predicted molar refractivity (Wildman–Crippen MR) is 93.6 cm³/mol. The van der Waals surface area contributed by atoms with Gasteiger partial charge in [0.25, 0.3) is 0 Å². The topological polar surface area (TPSA) is 79.2 Å². The Labute approximate surface area is 141 Å². The minimum atomic E-state index is -0.607. The van der Waals surface area contributed by atoms with E-state index in [2.05, 4.69) is 4.99 Å². The number of ketones is 1. The molecule has 24 heavy (non-hydrogen) atoms. The minimum Gasteiger partial charge on any atom is -0.507 e. The van der Waals surface area contributed by atoms with E-state index in [0.29, 0.717) is 5.56 Å². The Morgan fingerprint density at radius 1 is 1.25 bits per heavy atom. The first-order valence-electron chi connectivity index (χ1n) is 7.45. The number of benzene rings is 1. The second-order valence-electron chi connectivity index (χ2n) is 5.14. The molecule has 0 fully saturated rings. The van der Waals surface area contributed by atoms with Crippen molar-refractivity contribution in [3.63, 3.8) is 0 Å². The molecular weight excluding hydrogens is 308 g/mol. The van der Waals surface area contributed by atoms with Gasteiger partial charge >= 0.3 is 5.97 Å². The molecule has 0 radical (unpaired) electrons. The van der Waals surface area contributed by atoms with Crippen LogP contribution < -0.4 is 0 Å². The molecule has 0 saturated carbocycles. The summed E-state index contributed by atoms with van der Waals surface area (Å²) in [4.78, 5) is 29.4. The number of ether oxygens (including phenoxy) is 1. The zero-order valence-electron chi connectivity index (χ0n) is 14.3. The Hall–Kier alpha value is -2.89. The lowest BCUT2D eigenvalue weighted by molar-refractivity contribution is -0.138. The first-order valence-corrected chi connectivity index (χ1v) is 7.45. The van der Waals surface area contributed by atoms with Crippen molar-refractivity contribution in [1.29, 1.82) is 0 Å². The van der Waals surface area contributed by atoms with Gasteiger partial charge in [-0.15, -0.1) is 0 Å². The van der Waals surface area contributed by atoms with Crippen LogP contribution in [-0.2, 0) is 14.3 Å². The zero-order chi connectivity index (χ0) is 18.1. The summed E-state index contributed by atoms with van der Waals surface area (Å²) < 4.78 is 4.93. The zero-order valence-corrected chi connectivity index (χ0v) is 14.3. The number of esters is 1. The molecule has 128 valence electrons. The van der Waals surface area contributed by atoms with Gasteiger partial charge in [-0.2, -0.15) is 0 Å². The fraction of sp³-hybridized carbons (Fsp3) is 0.278. The molecule has 0 bridgehead atoms. The number of Topliss-reactive ketones (excluding diaryl/α,β-unsaturated/α-hetero) is 1. The lowest BCUT2D eigenvalue weighted by atomic mass is 10.1. The molecular formula is C18H22N2O4. The van der Waals surface area contributed by atoms with Crippen LogP contribution in [0.3, 0.4) is 0 Å². The van der Waals surface area contributed by atoms with Crippen LogP contribution in [0.15, 0.2) is 52.8 Å². The van der Waals surface area contributed by atoms with E-state index >= 15 is 0 Å². The van der Waals surface area contributed by atoms with E-state index < -0.39 is 5.97 Å². The summed E-state index contributed by atoms with van der Waals surface area (Å²) in [7, 11) is 3.47. The van der Waals surface area contributed by atoms with E-state index in [4.69, 9.17) is 4.74 Å². The van der Waals surface area contributed by atoms with Crippen molar-refractivity contribution in [2.24, 2.45) is 4.99 Å². The van der Waals surface area contributed by atoms with E-state index in [1.54, 1.807) is 56.3 Å². The Bertz CT molecular complexity index is 674. The van der Waals surface area contributed by atoms with Crippen LogP contribution in [0.4, 0.5) is 0 Å². The fourth-order valence-electron chi connectivity index (χ4n) is 1.79. The number of rotatable bonds is 7. The van der Waals surface area contributed by atoms with Gasteiger partial charge in [-0.3, -0.25) is 4.79 Å². The molecule has 0 saturated heterocycles. The third kappa shape index (κ3) is 5.72. The number of hydrogen-bond donors (Lipinski definition) is 1. The second kappa shape index (κ2) is 9.29. The average molecular weight is 330 g/mol. The summed E-state index contributed by atoms with van der Waals surface area (Å²) in [5.41, 5.74) is 0.528. The maximum Gasteiger partial charge on any atom is 0.358 e. The Balaban J connectivity index is 3.25. The molecule has 0 unspecified atom stereocenters. The van der Waals surface area contributed by atoms with Gasteiger partial charge in [-0.05, 0) is 13.8 Å². The van der Waals surface area contributed by atoms with Crippen molar-refractivity contribution >= 4 is 23.7 Å². The van der Waals surface area contributed by atoms with Gasteiger partial charge in [-0.1, -0.05) is 30.3 Å². The van der Waals surface area contributed by atoms with E-state index in [9.17, 15) is 14.7 Å². The number of nitrogens with zero attached hydrogens (tertiary/aromatic N) is 2. The predicted octanol–water partition coefficient (Wildman–Crippen LogP) is 2.58. The highest BCUT2D eigenvalue weighted by Gasteiger charge is 2.13. The van der Waals surface area contributed by atoms with E-state index in [1.807, 2.05) is 0 Å². The maximum atomic E-state index is 11.9. The maximum absolute atomic E-state index is 11.9. The van der Waals surface area contributed by atoms with Crippen molar-refractivity contribution in [3.05, 3.63) is 53.4 Å². The number of aliphatic hydroxyl groups is 1. The monoisotopic (exact) mass is 330 g/mol. The van der Waals surface area contributed by atoms with Crippen molar-refractivity contribution in [3.8, 4) is 0 Å². The standard InChI is InChI=1S/C18H22N2O4/c1-5-24-18(23)16(12-20(3)4)19-11-15(13(2)21)17(22)14-9-7-6-8-10-14/h6-12,22H,5H2,1-4H3/b16-12+,17-15+,19-11+. The number of carbonyl (C=O) groups excluding carboxylic acids is 2. The van der Waals surface area contributed by atoms with Gasteiger partial charge < -0.3 is 14.7 Å². The first kappa shape index (κ1) is 19.2. The van der Waals surface area contributed by atoms with Gasteiger partial charge in [0.05, 0.1) is 12.2 Å². The van der Waals surface area contributed by atoms with Gasteiger partial charge in [0, 0.05) is 32.1 Å². The molecule has 1 aromatic rings. The molecule has 6 heteroatoms. The normalized spacial score (nSPS) is 12.8. The SMILES string of the molecule is CCOC(=O)C(=C\N(C)C)/N=C/C(C(C)=O)=C(\O)c1ccccc1. The highest BCUT2D eigenvalue weighted by Crippen LogP contribution is 2.16. The average Bonchev–Trinajstić information content (AvgIpc) is 2.54. The third-order valence-electron chi connectivity index (χ3n) is 2.88. The van der Waals surface area contributed by atoms with E-state index in [-0.39, 0.29) is 29.4 Å². The van der Waals surface area contributed by atoms with Crippen molar-refractivity contribution in [1.82, 2.24) is 4.90 Å². The summed E-state index contributed by atoms with van der Waals surface area (Å²) >= 11 is 0. The summed E-state index contributed by atoms with van der Waals surface area (Å²) in [6, 6.07) is 8.64. The molecule has 6 nitrogen and oxygen atoms in total. The molecule has 0 atom stereocenters. The van der Waals surface area contributed by atoms with E-state index in [0.717, 1.165) is 0 Å². The molecule has 0 spiro atoms. The Morgan fingerprint density at radius 3 is 2.38 bits per heavy atom. The molecule has 0 aromatic heterocycles. The van der Waals surface area contributed by atoms with Crippen LogP contribution >= 0.6 is 0 Å². The Kier molecular flexibility index (Phi) is 7.42. The van der Waals surface area contributed by atoms with Crippen molar-refractivity contribution in [2.45, 2.75) is 13.8 Å². The van der Waals surface area contributed by atoms with Gasteiger partial charge in [0.15, 0.2) is 11.5 Å². The summed E-state index contributed by atoms with van der Waals surface area (Å²) in [6.45, 7) is 3.22. The smallest absolute Gasteiger partial charge is 0.358 e. The molecule has 1 aromatic carbocycles. The number of allylic oxidation sites excluding steroid dienone is 1. The molecule has 0 aliphatic rings. The quantitative estimate of drug-likeness (QED) is 0.360.